The highest BCUT2D eigenvalue weighted by atomic mass is 16.5. The number of carbonyl (C=O) groups is 2. The van der Waals surface area contributed by atoms with Crippen LogP contribution in [0.1, 0.15) is 11.1 Å². The first-order valence-corrected chi connectivity index (χ1v) is 7.57. The largest absolute Gasteiger partial charge is 0.482 e. The maximum absolute atomic E-state index is 11.9. The zero-order valence-corrected chi connectivity index (χ0v) is 12.7. The molecule has 0 saturated carbocycles. The Balaban J connectivity index is 1.50. The number of anilines is 1. The average molecular weight is 310 g/mol. The number of hydrogen-bond acceptors (Lipinski definition) is 3. The monoisotopic (exact) mass is 310 g/mol. The number of hydrogen-bond donors (Lipinski definition) is 2. The maximum atomic E-state index is 11.9. The van der Waals surface area contributed by atoms with Crippen molar-refractivity contribution in [3.05, 3.63) is 59.7 Å². The fraction of sp³-hybridized carbons (Fsp3) is 0.222. The van der Waals surface area contributed by atoms with Crippen LogP contribution in [0.25, 0.3) is 0 Å². The summed E-state index contributed by atoms with van der Waals surface area (Å²) in [5, 5.41) is 5.69. The van der Waals surface area contributed by atoms with E-state index in [1.165, 1.54) is 0 Å². The molecule has 1 aliphatic heterocycles. The summed E-state index contributed by atoms with van der Waals surface area (Å²) in [5.41, 5.74) is 2.72. The predicted octanol–water partition coefficient (Wildman–Crippen LogP) is 1.92. The Kier molecular flexibility index (Phi) is 4.57. The van der Waals surface area contributed by atoms with Gasteiger partial charge in [0.1, 0.15) is 5.75 Å². The third kappa shape index (κ3) is 4.10. The normalized spacial score (nSPS) is 12.8. The summed E-state index contributed by atoms with van der Waals surface area (Å²) >= 11 is 0. The number of rotatable bonds is 5. The Morgan fingerprint density at radius 1 is 1.13 bits per heavy atom. The first kappa shape index (κ1) is 15.1. The lowest BCUT2D eigenvalue weighted by molar-refractivity contribution is -0.120. The molecule has 0 atom stereocenters. The summed E-state index contributed by atoms with van der Waals surface area (Å²) in [7, 11) is 0. The minimum atomic E-state index is -0.147. The molecule has 0 bridgehead atoms. The maximum Gasteiger partial charge on any atom is 0.262 e. The van der Waals surface area contributed by atoms with Crippen LogP contribution in [0.15, 0.2) is 48.5 Å². The summed E-state index contributed by atoms with van der Waals surface area (Å²) in [4.78, 5) is 23.2. The van der Waals surface area contributed by atoms with E-state index >= 15 is 0 Å². The van der Waals surface area contributed by atoms with Crippen LogP contribution in [0.4, 0.5) is 5.69 Å². The van der Waals surface area contributed by atoms with Gasteiger partial charge < -0.3 is 15.4 Å². The molecule has 0 fully saturated rings. The highest BCUT2D eigenvalue weighted by Crippen LogP contribution is 2.28. The molecule has 0 spiro atoms. The van der Waals surface area contributed by atoms with Gasteiger partial charge in [0.05, 0.1) is 12.1 Å². The van der Waals surface area contributed by atoms with Gasteiger partial charge in [-0.05, 0) is 29.7 Å². The Labute approximate surface area is 134 Å². The molecular formula is C18H18N2O3. The molecule has 0 radical (unpaired) electrons. The van der Waals surface area contributed by atoms with Crippen LogP contribution in [0.2, 0.25) is 0 Å². The Hall–Kier alpha value is -2.82. The summed E-state index contributed by atoms with van der Waals surface area (Å²) in [5.74, 6) is 0.540. The van der Waals surface area contributed by atoms with Gasteiger partial charge in [0.15, 0.2) is 6.61 Å². The van der Waals surface area contributed by atoms with Crippen molar-refractivity contribution in [3.63, 3.8) is 0 Å². The number of nitrogens with one attached hydrogen (secondary N) is 2. The zero-order valence-electron chi connectivity index (χ0n) is 12.7. The third-order valence-corrected chi connectivity index (χ3v) is 3.62. The van der Waals surface area contributed by atoms with Crippen molar-refractivity contribution in [3.8, 4) is 5.75 Å². The smallest absolute Gasteiger partial charge is 0.262 e. The van der Waals surface area contributed by atoms with Crippen molar-refractivity contribution in [1.29, 1.82) is 0 Å². The molecule has 0 aromatic heterocycles. The summed E-state index contributed by atoms with van der Waals surface area (Å²) in [6, 6.07) is 15.3. The fourth-order valence-electron chi connectivity index (χ4n) is 2.48. The predicted molar refractivity (Wildman–Crippen MR) is 87.4 cm³/mol. The van der Waals surface area contributed by atoms with E-state index in [9.17, 15) is 9.59 Å². The molecule has 0 aliphatic carbocycles. The van der Waals surface area contributed by atoms with E-state index in [1.54, 1.807) is 0 Å². The number of carbonyl (C=O) groups excluding carboxylic acids is 2. The Bertz CT molecular complexity index is 713. The summed E-state index contributed by atoms with van der Waals surface area (Å²) < 4.78 is 5.32. The van der Waals surface area contributed by atoms with Crippen LogP contribution in [0.3, 0.4) is 0 Å². The molecule has 1 heterocycles. The molecule has 2 aromatic rings. The molecule has 23 heavy (non-hydrogen) atoms. The Morgan fingerprint density at radius 2 is 1.96 bits per heavy atom. The third-order valence-electron chi connectivity index (χ3n) is 3.62. The molecule has 3 rings (SSSR count). The molecule has 1 aliphatic rings. The molecule has 0 saturated heterocycles. The average Bonchev–Trinajstić information content (AvgIpc) is 2.55. The van der Waals surface area contributed by atoms with E-state index in [-0.39, 0.29) is 18.4 Å². The molecular weight excluding hydrogens is 292 g/mol. The van der Waals surface area contributed by atoms with E-state index < -0.39 is 0 Å². The lowest BCUT2D eigenvalue weighted by Gasteiger charge is -2.18. The highest BCUT2D eigenvalue weighted by Gasteiger charge is 2.15. The molecule has 118 valence electrons. The minimum absolute atomic E-state index is 0.00537. The van der Waals surface area contributed by atoms with E-state index in [0.717, 1.165) is 11.1 Å². The van der Waals surface area contributed by atoms with Gasteiger partial charge in [0.2, 0.25) is 5.91 Å². The van der Waals surface area contributed by atoms with Gasteiger partial charge in [-0.1, -0.05) is 36.4 Å². The molecule has 5 nitrogen and oxygen atoms in total. The SMILES string of the molecule is O=C(Cc1ccccc1)NCCc1ccc2c(c1)NC(=O)CO2. The van der Waals surface area contributed by atoms with Crippen LogP contribution in [-0.2, 0) is 22.4 Å². The van der Waals surface area contributed by atoms with Gasteiger partial charge in [0, 0.05) is 6.54 Å². The van der Waals surface area contributed by atoms with Gasteiger partial charge in [-0.3, -0.25) is 9.59 Å². The fourth-order valence-corrected chi connectivity index (χ4v) is 2.48. The van der Waals surface area contributed by atoms with E-state index in [4.69, 9.17) is 4.74 Å². The van der Waals surface area contributed by atoms with Crippen molar-refractivity contribution in [1.82, 2.24) is 5.32 Å². The second-order valence-corrected chi connectivity index (χ2v) is 5.43. The second kappa shape index (κ2) is 6.96. The van der Waals surface area contributed by atoms with Gasteiger partial charge in [-0.15, -0.1) is 0 Å². The van der Waals surface area contributed by atoms with Crippen molar-refractivity contribution in [2.24, 2.45) is 0 Å². The van der Waals surface area contributed by atoms with E-state index in [1.807, 2.05) is 48.5 Å². The van der Waals surface area contributed by atoms with E-state index in [0.29, 0.717) is 30.8 Å². The quantitative estimate of drug-likeness (QED) is 0.886. The van der Waals surface area contributed by atoms with Crippen LogP contribution < -0.4 is 15.4 Å². The number of amides is 2. The van der Waals surface area contributed by atoms with Crippen LogP contribution in [-0.4, -0.2) is 25.0 Å². The molecule has 2 amide bonds. The molecule has 2 aromatic carbocycles. The number of ether oxygens (including phenoxy) is 1. The summed E-state index contributed by atoms with van der Waals surface area (Å²) in [6.07, 6.45) is 1.08. The van der Waals surface area contributed by atoms with Crippen molar-refractivity contribution >= 4 is 17.5 Å². The van der Waals surface area contributed by atoms with Crippen LogP contribution in [0.5, 0.6) is 5.75 Å². The summed E-state index contributed by atoms with van der Waals surface area (Å²) in [6.45, 7) is 0.612. The lowest BCUT2D eigenvalue weighted by atomic mass is 10.1. The standard InChI is InChI=1S/C18H18N2O3/c21-17(11-13-4-2-1-3-5-13)19-9-8-14-6-7-16-15(10-14)20-18(22)12-23-16/h1-7,10H,8-9,11-12H2,(H,19,21)(H,20,22). The van der Waals surface area contributed by atoms with Crippen molar-refractivity contribution < 1.29 is 14.3 Å². The van der Waals surface area contributed by atoms with E-state index in [2.05, 4.69) is 10.6 Å². The van der Waals surface area contributed by atoms with Crippen LogP contribution in [0, 0.1) is 0 Å². The van der Waals surface area contributed by atoms with Crippen LogP contribution >= 0.6 is 0 Å². The number of fused-ring (bicyclic) bond motifs is 1. The Morgan fingerprint density at radius 3 is 2.78 bits per heavy atom. The van der Waals surface area contributed by atoms with Gasteiger partial charge in [-0.25, -0.2) is 0 Å². The number of benzene rings is 2. The van der Waals surface area contributed by atoms with Gasteiger partial charge >= 0.3 is 0 Å². The first-order valence-electron chi connectivity index (χ1n) is 7.57. The molecule has 5 heteroatoms. The molecule has 0 unspecified atom stereocenters. The lowest BCUT2D eigenvalue weighted by Crippen LogP contribution is -2.27. The zero-order chi connectivity index (χ0) is 16.1. The van der Waals surface area contributed by atoms with Crippen molar-refractivity contribution in [2.45, 2.75) is 12.8 Å². The van der Waals surface area contributed by atoms with Crippen molar-refractivity contribution in [2.75, 3.05) is 18.5 Å². The van der Waals surface area contributed by atoms with Gasteiger partial charge in [-0.2, -0.15) is 0 Å². The highest BCUT2D eigenvalue weighted by molar-refractivity contribution is 5.95. The first-order chi connectivity index (χ1) is 11.2. The minimum Gasteiger partial charge on any atom is -0.482 e. The second-order valence-electron chi connectivity index (χ2n) is 5.43. The van der Waals surface area contributed by atoms with Gasteiger partial charge in [0.25, 0.3) is 5.91 Å². The topological polar surface area (TPSA) is 67.4 Å². The molecule has 2 N–H and O–H groups in total.